The van der Waals surface area contributed by atoms with Gasteiger partial charge in [-0.25, -0.2) is 9.78 Å². The van der Waals surface area contributed by atoms with E-state index in [1.807, 2.05) is 5.38 Å². The molecule has 126 valence electrons. The van der Waals surface area contributed by atoms with E-state index < -0.39 is 5.76 Å². The monoisotopic (exact) mass is 345 g/mol. The van der Waals surface area contributed by atoms with Gasteiger partial charge in [-0.2, -0.15) is 0 Å². The van der Waals surface area contributed by atoms with Crippen LogP contribution in [0.4, 0.5) is 5.69 Å². The Morgan fingerprint density at radius 3 is 2.79 bits per heavy atom. The highest BCUT2D eigenvalue weighted by atomic mass is 32.1. The fourth-order valence-corrected chi connectivity index (χ4v) is 3.22. The Hall–Kier alpha value is -2.41. The number of thiazole rings is 1. The number of fused-ring (bicyclic) bond motifs is 1. The Labute approximate surface area is 143 Å². The molecule has 1 N–H and O–H groups in total. The standard InChI is InChI=1S/C17H19N3O3S/c1-17(2,3)15-19-11(9-24-15)8-14(21)18-10-5-6-12-13(7-10)23-16(22)20(12)4/h5-7,9H,8H2,1-4H3,(H,18,21). The Morgan fingerprint density at radius 1 is 1.38 bits per heavy atom. The number of hydrogen-bond donors (Lipinski definition) is 1. The number of amides is 1. The maximum absolute atomic E-state index is 12.2. The van der Waals surface area contributed by atoms with Gasteiger partial charge in [0.25, 0.3) is 0 Å². The quantitative estimate of drug-likeness (QED) is 0.791. The van der Waals surface area contributed by atoms with Crippen molar-refractivity contribution >= 4 is 34.0 Å². The van der Waals surface area contributed by atoms with E-state index >= 15 is 0 Å². The van der Waals surface area contributed by atoms with Gasteiger partial charge in [-0.1, -0.05) is 20.8 Å². The Bertz CT molecular complexity index is 960. The van der Waals surface area contributed by atoms with Crippen molar-refractivity contribution in [2.24, 2.45) is 7.05 Å². The van der Waals surface area contributed by atoms with Gasteiger partial charge in [-0.3, -0.25) is 9.36 Å². The highest BCUT2D eigenvalue weighted by Gasteiger charge is 2.19. The summed E-state index contributed by atoms with van der Waals surface area (Å²) in [7, 11) is 1.64. The number of nitrogens with one attached hydrogen (secondary N) is 1. The molecular formula is C17H19N3O3S. The van der Waals surface area contributed by atoms with Crippen molar-refractivity contribution in [1.29, 1.82) is 0 Å². The largest absolute Gasteiger partial charge is 0.419 e. The summed E-state index contributed by atoms with van der Waals surface area (Å²) in [4.78, 5) is 28.2. The van der Waals surface area contributed by atoms with Crippen LogP contribution in [0.25, 0.3) is 11.1 Å². The molecule has 6 nitrogen and oxygen atoms in total. The van der Waals surface area contributed by atoms with E-state index in [1.165, 1.54) is 4.57 Å². The number of benzene rings is 1. The van der Waals surface area contributed by atoms with Gasteiger partial charge in [-0.15, -0.1) is 11.3 Å². The highest BCUT2D eigenvalue weighted by molar-refractivity contribution is 7.09. The summed E-state index contributed by atoms with van der Waals surface area (Å²) in [5.41, 5.74) is 2.47. The Morgan fingerprint density at radius 2 is 2.12 bits per heavy atom. The number of aryl methyl sites for hydroxylation is 1. The topological polar surface area (TPSA) is 77.1 Å². The lowest BCUT2D eigenvalue weighted by Gasteiger charge is -2.13. The van der Waals surface area contributed by atoms with E-state index in [9.17, 15) is 9.59 Å². The molecule has 0 aliphatic rings. The number of rotatable bonds is 3. The van der Waals surface area contributed by atoms with Crippen molar-refractivity contribution in [3.05, 3.63) is 44.8 Å². The predicted molar refractivity (Wildman–Crippen MR) is 94.6 cm³/mol. The zero-order valence-corrected chi connectivity index (χ0v) is 14.9. The van der Waals surface area contributed by atoms with Gasteiger partial charge < -0.3 is 9.73 Å². The molecule has 0 saturated carbocycles. The van der Waals surface area contributed by atoms with E-state index in [0.717, 1.165) is 10.7 Å². The molecule has 0 aliphatic carbocycles. The van der Waals surface area contributed by atoms with Crippen LogP contribution in [0, 0.1) is 0 Å². The molecule has 1 amide bonds. The predicted octanol–water partition coefficient (Wildman–Crippen LogP) is 3.07. The first-order valence-corrected chi connectivity index (χ1v) is 8.46. The molecule has 0 fully saturated rings. The third-order valence-corrected chi connectivity index (χ3v) is 4.93. The van der Waals surface area contributed by atoms with Gasteiger partial charge in [0.1, 0.15) is 0 Å². The summed E-state index contributed by atoms with van der Waals surface area (Å²) in [5, 5.41) is 5.74. The summed E-state index contributed by atoms with van der Waals surface area (Å²) >= 11 is 1.57. The number of anilines is 1. The second-order valence-corrected chi connectivity index (χ2v) is 7.59. The average molecular weight is 345 g/mol. The SMILES string of the molecule is Cn1c(=O)oc2cc(NC(=O)Cc3csc(C(C)(C)C)n3)ccc21. The number of aromatic nitrogens is 2. The lowest BCUT2D eigenvalue weighted by molar-refractivity contribution is -0.115. The molecule has 0 radical (unpaired) electrons. The molecular weight excluding hydrogens is 326 g/mol. The van der Waals surface area contributed by atoms with Crippen LogP contribution in [-0.4, -0.2) is 15.5 Å². The number of carbonyl (C=O) groups is 1. The van der Waals surface area contributed by atoms with Gasteiger partial charge in [0.15, 0.2) is 5.58 Å². The summed E-state index contributed by atoms with van der Waals surface area (Å²) < 4.78 is 6.55. The number of oxazole rings is 1. The molecule has 2 heterocycles. The lowest BCUT2D eigenvalue weighted by Crippen LogP contribution is -2.15. The molecule has 0 aliphatic heterocycles. The van der Waals surface area contributed by atoms with Gasteiger partial charge in [0, 0.05) is 29.6 Å². The molecule has 3 aromatic rings. The van der Waals surface area contributed by atoms with Crippen LogP contribution < -0.4 is 11.1 Å². The molecule has 7 heteroatoms. The Balaban J connectivity index is 1.73. The minimum Gasteiger partial charge on any atom is -0.408 e. The summed E-state index contributed by atoms with van der Waals surface area (Å²) in [6.07, 6.45) is 0.212. The van der Waals surface area contributed by atoms with Crippen LogP contribution in [0.15, 0.2) is 32.8 Å². The molecule has 24 heavy (non-hydrogen) atoms. The molecule has 0 bridgehead atoms. The lowest BCUT2D eigenvalue weighted by atomic mass is 9.98. The molecule has 1 aromatic carbocycles. The van der Waals surface area contributed by atoms with E-state index in [0.29, 0.717) is 16.8 Å². The zero-order chi connectivity index (χ0) is 17.5. The van der Waals surface area contributed by atoms with Crippen molar-refractivity contribution in [2.45, 2.75) is 32.6 Å². The van der Waals surface area contributed by atoms with Crippen molar-refractivity contribution < 1.29 is 9.21 Å². The third kappa shape index (κ3) is 3.26. The Kier molecular flexibility index (Phi) is 4.04. The number of nitrogens with zero attached hydrogens (tertiary/aromatic N) is 2. The first-order valence-electron chi connectivity index (χ1n) is 7.58. The first kappa shape index (κ1) is 16.4. The second-order valence-electron chi connectivity index (χ2n) is 6.73. The third-order valence-electron chi connectivity index (χ3n) is 3.61. The zero-order valence-electron chi connectivity index (χ0n) is 14.0. The molecule has 2 aromatic heterocycles. The van der Waals surface area contributed by atoms with Gasteiger partial charge in [0.2, 0.25) is 5.91 Å². The van der Waals surface area contributed by atoms with Crippen LogP contribution in [0.5, 0.6) is 0 Å². The van der Waals surface area contributed by atoms with Crippen LogP contribution >= 0.6 is 11.3 Å². The smallest absolute Gasteiger partial charge is 0.408 e. The van der Waals surface area contributed by atoms with Crippen molar-refractivity contribution in [1.82, 2.24) is 9.55 Å². The first-order chi connectivity index (χ1) is 11.2. The second kappa shape index (κ2) is 5.90. The van der Waals surface area contributed by atoms with Crippen LogP contribution in [-0.2, 0) is 23.7 Å². The number of hydrogen-bond acceptors (Lipinski definition) is 5. The van der Waals surface area contributed by atoms with Gasteiger partial charge >= 0.3 is 5.76 Å². The average Bonchev–Trinajstić information content (AvgIpc) is 3.04. The van der Waals surface area contributed by atoms with Gasteiger partial charge in [0.05, 0.1) is 22.6 Å². The van der Waals surface area contributed by atoms with Crippen LogP contribution in [0.2, 0.25) is 0 Å². The fourth-order valence-electron chi connectivity index (χ4n) is 2.31. The minimum absolute atomic E-state index is 0.0186. The van der Waals surface area contributed by atoms with E-state index in [2.05, 4.69) is 31.1 Å². The molecule has 0 atom stereocenters. The van der Waals surface area contributed by atoms with Crippen molar-refractivity contribution in [3.63, 3.8) is 0 Å². The fraction of sp³-hybridized carbons (Fsp3) is 0.353. The van der Waals surface area contributed by atoms with Crippen molar-refractivity contribution in [3.8, 4) is 0 Å². The van der Waals surface area contributed by atoms with Crippen molar-refractivity contribution in [2.75, 3.05) is 5.32 Å². The van der Waals surface area contributed by atoms with E-state index in [4.69, 9.17) is 4.42 Å². The molecule has 0 unspecified atom stereocenters. The summed E-state index contributed by atoms with van der Waals surface area (Å²) in [6, 6.07) is 5.14. The normalized spacial score (nSPS) is 11.8. The van der Waals surface area contributed by atoms with Gasteiger partial charge in [-0.05, 0) is 12.1 Å². The molecule has 3 rings (SSSR count). The maximum Gasteiger partial charge on any atom is 0.419 e. The highest BCUT2D eigenvalue weighted by Crippen LogP contribution is 2.26. The summed E-state index contributed by atoms with van der Waals surface area (Å²) in [6.45, 7) is 6.29. The minimum atomic E-state index is -0.425. The summed E-state index contributed by atoms with van der Waals surface area (Å²) in [5.74, 6) is -0.580. The maximum atomic E-state index is 12.2. The van der Waals surface area contributed by atoms with Crippen LogP contribution in [0.3, 0.4) is 0 Å². The molecule has 0 saturated heterocycles. The number of carbonyl (C=O) groups excluding carboxylic acids is 1. The molecule has 0 spiro atoms. The van der Waals surface area contributed by atoms with E-state index in [-0.39, 0.29) is 17.7 Å². The van der Waals surface area contributed by atoms with Crippen LogP contribution in [0.1, 0.15) is 31.5 Å². The van der Waals surface area contributed by atoms with E-state index in [1.54, 1.807) is 36.6 Å².